The first-order valence-corrected chi connectivity index (χ1v) is 5.67. The lowest BCUT2D eigenvalue weighted by Crippen LogP contribution is -2.16. The van der Waals surface area contributed by atoms with E-state index in [0.29, 0.717) is 11.3 Å². The highest BCUT2D eigenvalue weighted by molar-refractivity contribution is 6.01. The number of carbonyl (C=O) groups excluding carboxylic acids is 1. The van der Waals surface area contributed by atoms with Crippen LogP contribution in [0.1, 0.15) is 47.8 Å². The second kappa shape index (κ2) is 4.42. The van der Waals surface area contributed by atoms with Gasteiger partial charge in [-0.2, -0.15) is 0 Å². The summed E-state index contributed by atoms with van der Waals surface area (Å²) in [5, 5.41) is 0. The first-order valence-electron chi connectivity index (χ1n) is 5.26. The molecule has 2 nitrogen and oxygen atoms in total. The molecule has 0 bridgehead atoms. The van der Waals surface area contributed by atoms with E-state index in [1.165, 1.54) is 5.56 Å². The summed E-state index contributed by atoms with van der Waals surface area (Å²) < 4.78 is 5.13. The van der Waals surface area contributed by atoms with Crippen LogP contribution in [0.2, 0.25) is 0 Å². The molecule has 0 saturated heterocycles. The van der Waals surface area contributed by atoms with Crippen molar-refractivity contribution >= 4 is 16.8 Å². The summed E-state index contributed by atoms with van der Waals surface area (Å²) in [7, 11) is 3.02. The van der Waals surface area contributed by atoms with E-state index in [0.717, 1.165) is 17.4 Å². The molecule has 0 aliphatic rings. The van der Waals surface area contributed by atoms with Crippen molar-refractivity contribution in [3.05, 3.63) is 28.3 Å². The third-order valence-corrected chi connectivity index (χ3v) is 2.93. The lowest BCUT2D eigenvalue weighted by atomic mass is 9.80. The minimum absolute atomic E-state index is 0.0368. The van der Waals surface area contributed by atoms with Gasteiger partial charge in [-0.15, -0.1) is 0 Å². The Balaban J connectivity index is 3.60. The molecule has 3 radical (unpaired) electrons. The fraction of sp³-hybridized carbons (Fsp3) is 0.462. The SMILES string of the molecule is Cc1cc(C=O)c(O[Si])c(C)c1C(C)(C)C. The van der Waals surface area contributed by atoms with Crippen molar-refractivity contribution in [1.29, 1.82) is 0 Å². The topological polar surface area (TPSA) is 26.3 Å². The summed E-state index contributed by atoms with van der Waals surface area (Å²) in [4.78, 5) is 11.0. The molecule has 0 unspecified atom stereocenters. The van der Waals surface area contributed by atoms with Crippen molar-refractivity contribution < 1.29 is 9.22 Å². The molecular weight excluding hydrogens is 216 g/mol. The normalized spacial score (nSPS) is 11.4. The number of rotatable bonds is 2. The third-order valence-electron chi connectivity index (χ3n) is 2.72. The Kier molecular flexibility index (Phi) is 3.58. The van der Waals surface area contributed by atoms with Crippen LogP contribution in [0, 0.1) is 13.8 Å². The molecule has 0 aromatic heterocycles. The zero-order valence-electron chi connectivity index (χ0n) is 10.5. The maximum atomic E-state index is 11.0. The van der Waals surface area contributed by atoms with Gasteiger partial charge in [0.25, 0.3) is 0 Å². The fourth-order valence-corrected chi connectivity index (χ4v) is 2.64. The van der Waals surface area contributed by atoms with Crippen LogP contribution in [-0.4, -0.2) is 16.8 Å². The quantitative estimate of drug-likeness (QED) is 0.580. The van der Waals surface area contributed by atoms with E-state index < -0.39 is 0 Å². The highest BCUT2D eigenvalue weighted by Crippen LogP contribution is 2.35. The number of benzene rings is 1. The van der Waals surface area contributed by atoms with Crippen molar-refractivity contribution in [3.63, 3.8) is 0 Å². The van der Waals surface area contributed by atoms with E-state index in [9.17, 15) is 4.79 Å². The average Bonchev–Trinajstić information content (AvgIpc) is 2.14. The van der Waals surface area contributed by atoms with Crippen LogP contribution in [0.15, 0.2) is 6.07 Å². The predicted octanol–water partition coefficient (Wildman–Crippen LogP) is 2.88. The standard InChI is InChI=1S/C13H17O2Si/c1-8-6-10(7-14)12(15-16)9(2)11(8)13(3,4)5/h6-7H,1-5H3. The Morgan fingerprint density at radius 2 is 1.88 bits per heavy atom. The summed E-state index contributed by atoms with van der Waals surface area (Å²) in [6.45, 7) is 10.5. The van der Waals surface area contributed by atoms with Crippen LogP contribution >= 0.6 is 0 Å². The van der Waals surface area contributed by atoms with Crippen LogP contribution < -0.4 is 4.43 Å². The molecule has 0 saturated carbocycles. The summed E-state index contributed by atoms with van der Waals surface area (Å²) >= 11 is 0. The van der Waals surface area contributed by atoms with Gasteiger partial charge in [-0.25, -0.2) is 0 Å². The molecule has 1 aromatic rings. The summed E-state index contributed by atoms with van der Waals surface area (Å²) in [5.41, 5.74) is 3.99. The van der Waals surface area contributed by atoms with E-state index in [2.05, 4.69) is 31.3 Å². The number of aryl methyl sites for hydroxylation is 1. The van der Waals surface area contributed by atoms with Gasteiger partial charge in [0, 0.05) is 0 Å². The van der Waals surface area contributed by atoms with Crippen molar-refractivity contribution in [2.45, 2.75) is 40.0 Å². The molecule has 0 heterocycles. The van der Waals surface area contributed by atoms with Crippen molar-refractivity contribution in [2.75, 3.05) is 0 Å². The molecule has 0 aliphatic carbocycles. The van der Waals surface area contributed by atoms with Gasteiger partial charge >= 0.3 is 10.5 Å². The van der Waals surface area contributed by atoms with Crippen LogP contribution in [-0.2, 0) is 5.41 Å². The smallest absolute Gasteiger partial charge is 0.341 e. The van der Waals surface area contributed by atoms with Gasteiger partial charge in [-0.3, -0.25) is 4.79 Å². The van der Waals surface area contributed by atoms with E-state index in [1.807, 2.05) is 19.9 Å². The summed E-state index contributed by atoms with van der Waals surface area (Å²) in [6.07, 6.45) is 0.821. The van der Waals surface area contributed by atoms with Crippen molar-refractivity contribution in [1.82, 2.24) is 0 Å². The number of hydrogen-bond acceptors (Lipinski definition) is 2. The first-order chi connectivity index (χ1) is 7.32. The Labute approximate surface area is 101 Å². The van der Waals surface area contributed by atoms with Gasteiger partial charge in [-0.05, 0) is 42.0 Å². The molecule has 0 fully saturated rings. The van der Waals surface area contributed by atoms with E-state index in [1.54, 1.807) is 0 Å². The highest BCUT2D eigenvalue weighted by Gasteiger charge is 2.22. The summed E-state index contributed by atoms with van der Waals surface area (Å²) in [6, 6.07) is 1.87. The Bertz CT molecular complexity index is 417. The second-order valence-electron chi connectivity index (χ2n) is 5.08. The van der Waals surface area contributed by atoms with Gasteiger partial charge in [0.15, 0.2) is 6.29 Å². The Morgan fingerprint density at radius 3 is 2.25 bits per heavy atom. The molecule has 0 aliphatic heterocycles. The largest absolute Gasteiger partial charge is 0.540 e. The Hall–Kier alpha value is -1.09. The molecule has 0 spiro atoms. The van der Waals surface area contributed by atoms with E-state index in [-0.39, 0.29) is 5.41 Å². The highest BCUT2D eigenvalue weighted by atomic mass is 28.2. The van der Waals surface area contributed by atoms with Crippen LogP contribution in [0.25, 0.3) is 0 Å². The third kappa shape index (κ3) is 2.19. The monoisotopic (exact) mass is 233 g/mol. The molecule has 0 atom stereocenters. The van der Waals surface area contributed by atoms with E-state index >= 15 is 0 Å². The maximum absolute atomic E-state index is 11.0. The van der Waals surface area contributed by atoms with Gasteiger partial charge in [0.1, 0.15) is 5.75 Å². The molecule has 16 heavy (non-hydrogen) atoms. The fourth-order valence-electron chi connectivity index (χ4n) is 2.37. The van der Waals surface area contributed by atoms with Crippen molar-refractivity contribution in [2.24, 2.45) is 0 Å². The zero-order chi connectivity index (χ0) is 12.5. The van der Waals surface area contributed by atoms with Crippen LogP contribution in [0.5, 0.6) is 5.75 Å². The van der Waals surface area contributed by atoms with E-state index in [4.69, 9.17) is 4.43 Å². The lowest BCUT2D eigenvalue weighted by Gasteiger charge is -2.26. The van der Waals surface area contributed by atoms with Crippen LogP contribution in [0.3, 0.4) is 0 Å². The maximum Gasteiger partial charge on any atom is 0.341 e. The minimum Gasteiger partial charge on any atom is -0.540 e. The van der Waals surface area contributed by atoms with Crippen molar-refractivity contribution in [3.8, 4) is 5.75 Å². The molecule has 1 rings (SSSR count). The average molecular weight is 233 g/mol. The molecule has 0 N–H and O–H groups in total. The molecule has 85 valence electrons. The van der Waals surface area contributed by atoms with Gasteiger partial charge < -0.3 is 4.43 Å². The summed E-state index contributed by atoms with van der Waals surface area (Å²) in [5.74, 6) is 0.613. The molecule has 0 amide bonds. The number of carbonyl (C=O) groups is 1. The molecule has 1 aromatic carbocycles. The minimum atomic E-state index is 0.0368. The molecule has 3 heteroatoms. The first kappa shape index (κ1) is 13.0. The predicted molar refractivity (Wildman–Crippen MR) is 66.4 cm³/mol. The van der Waals surface area contributed by atoms with Crippen LogP contribution in [0.4, 0.5) is 0 Å². The number of aldehydes is 1. The van der Waals surface area contributed by atoms with Gasteiger partial charge in [0.05, 0.1) is 5.56 Å². The van der Waals surface area contributed by atoms with Gasteiger partial charge in [0.2, 0.25) is 0 Å². The van der Waals surface area contributed by atoms with Gasteiger partial charge in [-0.1, -0.05) is 20.8 Å². The second-order valence-corrected chi connectivity index (χ2v) is 5.29. The Morgan fingerprint density at radius 1 is 1.31 bits per heavy atom. The lowest BCUT2D eigenvalue weighted by molar-refractivity contribution is 0.112. The molecular formula is C13H17O2Si. The zero-order valence-corrected chi connectivity index (χ0v) is 11.5. The number of hydrogen-bond donors (Lipinski definition) is 0.